The number of carbonyl (C=O) groups is 2. The van der Waals surface area contributed by atoms with Gasteiger partial charge in [0.15, 0.2) is 6.10 Å². The molecule has 4 atom stereocenters. The second kappa shape index (κ2) is 7.09. The van der Waals surface area contributed by atoms with Gasteiger partial charge in [-0.3, -0.25) is 0 Å². The summed E-state index contributed by atoms with van der Waals surface area (Å²) in [7, 11) is 0. The van der Waals surface area contributed by atoms with Crippen LogP contribution in [0.4, 0.5) is 4.79 Å². The number of primary amides is 1. The van der Waals surface area contributed by atoms with Crippen molar-refractivity contribution in [3.63, 3.8) is 0 Å². The number of aliphatic hydroxyl groups is 4. The molecule has 0 fully saturated rings. The number of hydrogen-bond acceptors (Lipinski definition) is 8. The molecule has 9 heteroatoms. The lowest BCUT2D eigenvalue weighted by molar-refractivity contribution is -0.161. The van der Waals surface area contributed by atoms with Gasteiger partial charge in [-0.05, 0) is 6.92 Å². The van der Waals surface area contributed by atoms with E-state index in [1.807, 2.05) is 0 Å². The first kappa shape index (κ1) is 17.1. The normalized spacial score (nSPS) is 17.6. The third-order valence-corrected chi connectivity index (χ3v) is 1.61. The lowest BCUT2D eigenvalue weighted by Gasteiger charge is -2.22. The van der Waals surface area contributed by atoms with E-state index in [0.717, 1.165) is 6.92 Å². The predicted molar refractivity (Wildman–Crippen MR) is 50.4 cm³/mol. The zero-order valence-corrected chi connectivity index (χ0v) is 8.61. The summed E-state index contributed by atoms with van der Waals surface area (Å²) in [5, 5.41) is 36.1. The molecule has 0 saturated heterocycles. The molecule has 0 aromatic carbocycles. The Kier molecular flexibility index (Phi) is 7.59. The van der Waals surface area contributed by atoms with E-state index in [1.165, 1.54) is 0 Å². The van der Waals surface area contributed by atoms with Gasteiger partial charge in [0.05, 0.1) is 6.10 Å². The van der Waals surface area contributed by atoms with Crippen molar-refractivity contribution in [2.45, 2.75) is 31.3 Å². The Morgan fingerprint density at radius 3 is 1.88 bits per heavy atom. The molecule has 0 spiro atoms. The van der Waals surface area contributed by atoms with Gasteiger partial charge in [-0.1, -0.05) is 0 Å². The van der Waals surface area contributed by atoms with Gasteiger partial charge >= 0.3 is 12.1 Å². The van der Waals surface area contributed by atoms with E-state index < -0.39 is 36.5 Å². The van der Waals surface area contributed by atoms with E-state index in [1.54, 1.807) is 0 Å². The van der Waals surface area contributed by atoms with Crippen LogP contribution in [0.3, 0.4) is 0 Å². The first-order valence-electron chi connectivity index (χ1n) is 4.00. The average molecular weight is 240 g/mol. The molecular formula is C7H16N2O7. The molecule has 0 aliphatic rings. The average Bonchev–Trinajstić information content (AvgIpc) is 2.13. The Morgan fingerprint density at radius 2 is 1.56 bits per heavy atom. The zero-order chi connectivity index (χ0) is 12.2. The second-order valence-corrected chi connectivity index (χ2v) is 2.91. The molecule has 0 heterocycles. The van der Waals surface area contributed by atoms with E-state index in [9.17, 15) is 9.59 Å². The summed E-state index contributed by atoms with van der Waals surface area (Å²) in [5.74, 6) is -1.50. The molecule has 0 unspecified atom stereocenters. The van der Waals surface area contributed by atoms with Gasteiger partial charge in [0.2, 0.25) is 0 Å². The van der Waals surface area contributed by atoms with Gasteiger partial charge in [0, 0.05) is 0 Å². The third-order valence-electron chi connectivity index (χ3n) is 1.61. The number of esters is 1. The van der Waals surface area contributed by atoms with Crippen LogP contribution in [0.15, 0.2) is 0 Å². The summed E-state index contributed by atoms with van der Waals surface area (Å²) in [4.78, 5) is 20.9. The van der Waals surface area contributed by atoms with Gasteiger partial charge in [0.1, 0.15) is 12.2 Å². The molecule has 16 heavy (non-hydrogen) atoms. The molecule has 96 valence electrons. The van der Waals surface area contributed by atoms with E-state index in [0.29, 0.717) is 0 Å². The maximum absolute atomic E-state index is 10.8. The highest BCUT2D eigenvalue weighted by molar-refractivity contribution is 5.86. The van der Waals surface area contributed by atoms with Crippen LogP contribution in [0.5, 0.6) is 0 Å². The fraction of sp³-hybridized carbons (Fsp3) is 0.714. The Balaban J connectivity index is 0. The van der Waals surface area contributed by atoms with Crippen molar-refractivity contribution < 1.29 is 34.8 Å². The number of hydrogen-bond donors (Lipinski definition) is 6. The summed E-state index contributed by atoms with van der Waals surface area (Å²) in [6, 6.07) is 0. The fourth-order valence-electron chi connectivity index (χ4n) is 0.771. The number of nitrogens with two attached hydrogens (primary N) is 1. The third kappa shape index (κ3) is 5.00. The number of ether oxygens (including phenoxy) is 1. The zero-order valence-electron chi connectivity index (χ0n) is 8.61. The van der Waals surface area contributed by atoms with Crippen LogP contribution in [0.2, 0.25) is 0 Å². The Labute approximate surface area is 91.0 Å². The van der Waals surface area contributed by atoms with Crippen molar-refractivity contribution in [1.82, 2.24) is 6.15 Å². The molecule has 0 saturated carbocycles. The van der Waals surface area contributed by atoms with Crippen molar-refractivity contribution in [3.8, 4) is 0 Å². The van der Waals surface area contributed by atoms with Crippen molar-refractivity contribution in [2.24, 2.45) is 5.73 Å². The topological polar surface area (TPSA) is 185 Å². The highest BCUT2D eigenvalue weighted by Crippen LogP contribution is 2.06. The highest BCUT2D eigenvalue weighted by atomic mass is 16.6. The first-order chi connectivity index (χ1) is 6.77. The van der Waals surface area contributed by atoms with E-state index >= 15 is 0 Å². The van der Waals surface area contributed by atoms with Gasteiger partial charge in [-0.2, -0.15) is 0 Å². The summed E-state index contributed by atoms with van der Waals surface area (Å²) in [6.45, 7) is 1.14. The van der Waals surface area contributed by atoms with Crippen molar-refractivity contribution in [1.29, 1.82) is 0 Å². The maximum atomic E-state index is 10.8. The lowest BCUT2D eigenvalue weighted by atomic mass is 10.0. The smallest absolute Gasteiger partial charge is 0.391 e. The molecule has 0 radical (unpaired) electrons. The quantitative estimate of drug-likeness (QED) is 0.225. The SMILES string of the molecule is C[C@@H](O)[C@@H](O)[C@H](O)[C@@H](O)C(=O)OC(N)=O.N. The number of rotatable bonds is 4. The van der Waals surface area contributed by atoms with E-state index in [2.05, 4.69) is 10.5 Å². The molecule has 1 amide bonds. The number of amides is 1. The standard InChI is InChI=1S/C7H13NO7.H3N/c1-2(9)3(10)4(11)5(12)6(13)15-7(8)14;/h2-5,9-12H,1H3,(H2,8,14);1H3/t2-,3-,4+,5-;/m1./s1. The van der Waals surface area contributed by atoms with Crippen LogP contribution in [0.25, 0.3) is 0 Å². The van der Waals surface area contributed by atoms with Gasteiger partial charge in [-0.25, -0.2) is 9.59 Å². The molecule has 0 aliphatic carbocycles. The van der Waals surface area contributed by atoms with E-state index in [-0.39, 0.29) is 6.15 Å². The summed E-state index contributed by atoms with van der Waals surface area (Å²) < 4.78 is 3.76. The fourth-order valence-corrected chi connectivity index (χ4v) is 0.771. The van der Waals surface area contributed by atoms with Crippen molar-refractivity contribution in [3.05, 3.63) is 0 Å². The molecular weight excluding hydrogens is 224 g/mol. The largest absolute Gasteiger partial charge is 0.412 e. The van der Waals surface area contributed by atoms with E-state index in [4.69, 9.17) is 20.4 Å². The second-order valence-electron chi connectivity index (χ2n) is 2.91. The Bertz CT molecular complexity index is 245. The summed E-state index contributed by atoms with van der Waals surface area (Å²) in [6.07, 6.45) is -8.70. The molecule has 0 aliphatic heterocycles. The van der Waals surface area contributed by atoms with Crippen LogP contribution in [-0.2, 0) is 9.53 Å². The van der Waals surface area contributed by atoms with Crippen molar-refractivity contribution >= 4 is 12.1 Å². The monoisotopic (exact) mass is 240 g/mol. The highest BCUT2D eigenvalue weighted by Gasteiger charge is 2.34. The van der Waals surface area contributed by atoms with Crippen LogP contribution < -0.4 is 11.9 Å². The number of aliphatic hydroxyl groups excluding tert-OH is 4. The van der Waals surface area contributed by atoms with Crippen LogP contribution >= 0.6 is 0 Å². The first-order valence-corrected chi connectivity index (χ1v) is 4.00. The molecule has 0 aromatic heterocycles. The summed E-state index contributed by atoms with van der Waals surface area (Å²) in [5.41, 5.74) is 4.48. The van der Waals surface area contributed by atoms with Gasteiger partial charge < -0.3 is 37.0 Å². The van der Waals surface area contributed by atoms with Crippen LogP contribution in [-0.4, -0.2) is 56.9 Å². The van der Waals surface area contributed by atoms with Gasteiger partial charge in [0.25, 0.3) is 0 Å². The minimum Gasteiger partial charge on any atom is -0.391 e. The van der Waals surface area contributed by atoms with Crippen LogP contribution in [0, 0.1) is 0 Å². The van der Waals surface area contributed by atoms with Crippen LogP contribution in [0.1, 0.15) is 6.92 Å². The molecule has 9 nitrogen and oxygen atoms in total. The van der Waals surface area contributed by atoms with Crippen molar-refractivity contribution in [2.75, 3.05) is 0 Å². The summed E-state index contributed by atoms with van der Waals surface area (Å²) >= 11 is 0. The maximum Gasteiger partial charge on any atom is 0.412 e. The Hall–Kier alpha value is -1.26. The predicted octanol–water partition coefficient (Wildman–Crippen LogP) is -2.77. The minimum atomic E-state index is -2.16. The Morgan fingerprint density at radius 1 is 1.12 bits per heavy atom. The molecule has 0 bridgehead atoms. The molecule has 0 aromatic rings. The minimum absolute atomic E-state index is 0. The molecule has 0 rings (SSSR count). The number of carbonyl (C=O) groups excluding carboxylic acids is 2. The van der Waals surface area contributed by atoms with Gasteiger partial charge in [-0.15, -0.1) is 0 Å². The lowest BCUT2D eigenvalue weighted by Crippen LogP contribution is -2.47. The molecule has 9 N–H and O–H groups in total.